The maximum atomic E-state index is 14.2. The Kier molecular flexibility index (Phi) is 6.17. The SMILES string of the molecule is CCOC(=O)C1=C(c2ccccc2)N=c2s/c(=C3/C(=O)N(CC)c4ccccc43)c(=O)n2[C@H]1c1cccs1. The number of thiazole rings is 1. The number of benzene rings is 2. The van der Waals surface area contributed by atoms with E-state index in [0.29, 0.717) is 32.7 Å². The van der Waals surface area contributed by atoms with Crippen molar-refractivity contribution in [1.82, 2.24) is 4.57 Å². The van der Waals surface area contributed by atoms with Crippen LogP contribution in [-0.2, 0) is 14.3 Å². The molecule has 0 aliphatic carbocycles. The molecule has 2 aliphatic rings. The van der Waals surface area contributed by atoms with Gasteiger partial charge in [-0.25, -0.2) is 9.79 Å². The Balaban J connectivity index is 1.71. The first-order valence-electron chi connectivity index (χ1n) is 12.3. The van der Waals surface area contributed by atoms with Crippen LogP contribution in [0.2, 0.25) is 0 Å². The van der Waals surface area contributed by atoms with Gasteiger partial charge in [0, 0.05) is 22.5 Å². The summed E-state index contributed by atoms with van der Waals surface area (Å²) in [7, 11) is 0. The number of aromatic nitrogens is 1. The van der Waals surface area contributed by atoms with Gasteiger partial charge in [-0.05, 0) is 31.4 Å². The van der Waals surface area contributed by atoms with E-state index in [4.69, 9.17) is 9.73 Å². The lowest BCUT2D eigenvalue weighted by molar-refractivity contribution is -0.138. The fourth-order valence-corrected chi connectivity index (χ4v) is 6.93. The van der Waals surface area contributed by atoms with Gasteiger partial charge < -0.3 is 9.64 Å². The largest absolute Gasteiger partial charge is 0.463 e. The van der Waals surface area contributed by atoms with Crippen molar-refractivity contribution < 1.29 is 14.3 Å². The molecule has 4 heterocycles. The molecule has 7 nitrogen and oxygen atoms in total. The standard InChI is InChI=1S/C29H23N3O4S2/c1-3-31-19-14-9-8-13-18(19)21(26(31)33)25-27(34)32-24(20-15-10-16-37-20)22(28(35)36-4-2)23(30-29(32)38-25)17-11-6-5-7-12-17/h5-16,24H,3-4H2,1-2H3/b25-21+/t24-/m0/s1. The Labute approximate surface area is 226 Å². The second-order valence-corrected chi connectivity index (χ2v) is 10.7. The molecule has 6 rings (SSSR count). The number of carbonyl (C=O) groups excluding carboxylic acids is 2. The highest BCUT2D eigenvalue weighted by atomic mass is 32.1. The van der Waals surface area contributed by atoms with Gasteiger partial charge in [-0.1, -0.05) is 65.9 Å². The first-order chi connectivity index (χ1) is 18.5. The normalized spacial score (nSPS) is 17.8. The van der Waals surface area contributed by atoms with E-state index in [1.807, 2.05) is 79.0 Å². The lowest BCUT2D eigenvalue weighted by Crippen LogP contribution is -2.40. The second-order valence-electron chi connectivity index (χ2n) is 8.71. The molecule has 9 heteroatoms. The van der Waals surface area contributed by atoms with Crippen molar-refractivity contribution in [3.63, 3.8) is 0 Å². The molecular formula is C29H23N3O4S2. The lowest BCUT2D eigenvalue weighted by Gasteiger charge is -2.24. The van der Waals surface area contributed by atoms with Crippen LogP contribution in [0.3, 0.4) is 0 Å². The van der Waals surface area contributed by atoms with E-state index in [1.165, 1.54) is 22.7 Å². The van der Waals surface area contributed by atoms with Gasteiger partial charge in [0.1, 0.15) is 10.6 Å². The van der Waals surface area contributed by atoms with Crippen molar-refractivity contribution in [2.24, 2.45) is 4.99 Å². The third-order valence-corrected chi connectivity index (χ3v) is 8.61. The van der Waals surface area contributed by atoms with Crippen LogP contribution in [0, 0.1) is 0 Å². The number of hydrogen-bond donors (Lipinski definition) is 0. The van der Waals surface area contributed by atoms with Crippen LogP contribution in [-0.4, -0.2) is 29.6 Å². The number of thiophene rings is 1. The van der Waals surface area contributed by atoms with E-state index >= 15 is 0 Å². The molecule has 2 aliphatic heterocycles. The third-order valence-electron chi connectivity index (χ3n) is 6.63. The first-order valence-corrected chi connectivity index (χ1v) is 14.0. The van der Waals surface area contributed by atoms with Crippen LogP contribution in [0.1, 0.15) is 35.9 Å². The van der Waals surface area contributed by atoms with Gasteiger partial charge in [-0.15, -0.1) is 11.3 Å². The van der Waals surface area contributed by atoms with Crippen LogP contribution in [0.5, 0.6) is 0 Å². The van der Waals surface area contributed by atoms with E-state index in [-0.39, 0.29) is 18.1 Å². The minimum atomic E-state index is -0.733. The predicted octanol–water partition coefficient (Wildman–Crippen LogP) is 3.73. The molecule has 0 bridgehead atoms. The van der Waals surface area contributed by atoms with Gasteiger partial charge in [-0.2, -0.15) is 0 Å². The summed E-state index contributed by atoms with van der Waals surface area (Å²) in [6.45, 7) is 4.34. The van der Waals surface area contributed by atoms with Crippen molar-refractivity contribution in [1.29, 1.82) is 0 Å². The quantitative estimate of drug-likeness (QED) is 0.361. The van der Waals surface area contributed by atoms with Crippen LogP contribution in [0.4, 0.5) is 5.69 Å². The number of carbonyl (C=O) groups is 2. The van der Waals surface area contributed by atoms with E-state index in [1.54, 1.807) is 16.4 Å². The van der Waals surface area contributed by atoms with Gasteiger partial charge in [0.15, 0.2) is 4.80 Å². The van der Waals surface area contributed by atoms with E-state index in [2.05, 4.69) is 0 Å². The number of likely N-dealkylation sites (N-methyl/N-ethyl adjacent to an activating group) is 1. The third kappa shape index (κ3) is 3.69. The molecule has 0 saturated heterocycles. The maximum absolute atomic E-state index is 14.2. The average molecular weight is 542 g/mol. The fraction of sp³-hybridized carbons (Fsp3) is 0.172. The van der Waals surface area contributed by atoms with E-state index < -0.39 is 12.0 Å². The van der Waals surface area contributed by atoms with Crippen molar-refractivity contribution in [3.05, 3.63) is 113 Å². The number of hydrogen-bond acceptors (Lipinski definition) is 7. The highest BCUT2D eigenvalue weighted by Gasteiger charge is 2.38. The number of ether oxygens (including phenoxy) is 1. The first kappa shape index (κ1) is 24.3. The number of esters is 1. The zero-order valence-electron chi connectivity index (χ0n) is 20.7. The summed E-state index contributed by atoms with van der Waals surface area (Å²) in [6, 6.07) is 20.0. The zero-order chi connectivity index (χ0) is 26.4. The number of para-hydroxylation sites is 1. The predicted molar refractivity (Wildman–Crippen MR) is 149 cm³/mol. The number of rotatable bonds is 5. The highest BCUT2D eigenvalue weighted by molar-refractivity contribution is 7.10. The maximum Gasteiger partial charge on any atom is 0.338 e. The number of nitrogens with zero attached hydrogens (tertiary/aromatic N) is 3. The Morgan fingerprint density at radius 2 is 1.76 bits per heavy atom. The minimum Gasteiger partial charge on any atom is -0.463 e. The fourth-order valence-electron chi connectivity index (χ4n) is 5.02. The molecule has 190 valence electrons. The van der Waals surface area contributed by atoms with Gasteiger partial charge in [0.05, 0.1) is 29.1 Å². The summed E-state index contributed by atoms with van der Waals surface area (Å²) in [5.41, 5.74) is 3.05. The molecular weight excluding hydrogens is 518 g/mol. The highest BCUT2D eigenvalue weighted by Crippen LogP contribution is 2.38. The molecule has 2 aromatic carbocycles. The molecule has 0 fully saturated rings. The molecule has 0 N–H and O–H groups in total. The zero-order valence-corrected chi connectivity index (χ0v) is 22.3. The smallest absolute Gasteiger partial charge is 0.338 e. The molecule has 0 spiro atoms. The minimum absolute atomic E-state index is 0.189. The lowest BCUT2D eigenvalue weighted by atomic mass is 9.97. The van der Waals surface area contributed by atoms with Crippen LogP contribution in [0.25, 0.3) is 11.3 Å². The van der Waals surface area contributed by atoms with Crippen molar-refractivity contribution in [3.8, 4) is 0 Å². The van der Waals surface area contributed by atoms with Crippen LogP contribution >= 0.6 is 22.7 Å². The molecule has 0 radical (unpaired) electrons. The second kappa shape index (κ2) is 9.66. The summed E-state index contributed by atoms with van der Waals surface area (Å²) >= 11 is 2.64. The van der Waals surface area contributed by atoms with Gasteiger partial charge in [0.2, 0.25) is 0 Å². The Morgan fingerprint density at radius 1 is 1.00 bits per heavy atom. The molecule has 2 aromatic heterocycles. The molecule has 1 atom stereocenters. The van der Waals surface area contributed by atoms with Gasteiger partial charge in [0.25, 0.3) is 11.5 Å². The van der Waals surface area contributed by atoms with Crippen LogP contribution in [0.15, 0.2) is 87.5 Å². The molecule has 4 aromatic rings. The topological polar surface area (TPSA) is 81.0 Å². The van der Waals surface area contributed by atoms with Crippen LogP contribution < -0.4 is 19.8 Å². The Bertz CT molecular complexity index is 1780. The number of amides is 1. The van der Waals surface area contributed by atoms with Gasteiger partial charge >= 0.3 is 5.97 Å². The molecule has 1 amide bonds. The average Bonchev–Trinajstić information content (AvgIpc) is 3.65. The van der Waals surface area contributed by atoms with Crippen molar-refractivity contribution in [2.45, 2.75) is 19.9 Å². The summed E-state index contributed by atoms with van der Waals surface area (Å²) < 4.78 is 7.34. The molecule has 0 unspecified atom stereocenters. The van der Waals surface area contributed by atoms with Crippen molar-refractivity contribution >= 4 is 51.5 Å². The Hall–Kier alpha value is -4.08. The van der Waals surface area contributed by atoms with E-state index in [0.717, 1.165) is 21.7 Å². The number of fused-ring (bicyclic) bond motifs is 2. The summed E-state index contributed by atoms with van der Waals surface area (Å²) in [4.78, 5) is 49.0. The molecule has 38 heavy (non-hydrogen) atoms. The molecule has 0 saturated carbocycles. The monoisotopic (exact) mass is 541 g/mol. The summed E-state index contributed by atoms with van der Waals surface area (Å²) in [5.74, 6) is -0.731. The summed E-state index contributed by atoms with van der Waals surface area (Å²) in [5, 5.41) is 1.91. The summed E-state index contributed by atoms with van der Waals surface area (Å²) in [6.07, 6.45) is 0. The van der Waals surface area contributed by atoms with E-state index in [9.17, 15) is 14.4 Å². The number of anilines is 1. The van der Waals surface area contributed by atoms with Gasteiger partial charge in [-0.3, -0.25) is 14.2 Å². The van der Waals surface area contributed by atoms with Crippen molar-refractivity contribution in [2.75, 3.05) is 18.1 Å². The Morgan fingerprint density at radius 3 is 2.47 bits per heavy atom.